The van der Waals surface area contributed by atoms with E-state index in [-0.39, 0.29) is 13.2 Å². The molecule has 0 fully saturated rings. The summed E-state index contributed by atoms with van der Waals surface area (Å²) in [5.74, 6) is 0. The van der Waals surface area contributed by atoms with E-state index >= 15 is 0 Å². The standard InChI is InChI=1S/2C7H6O.C2H6O2/c2*8-6-7-4-2-1-3-5-7;3-1-2-4/h2*1-6H;3-4H,1-2H2. The molecular weight excluding hydrogens is 256 g/mol. The highest BCUT2D eigenvalue weighted by molar-refractivity contribution is 5.74. The third-order valence-corrected chi connectivity index (χ3v) is 1.97. The van der Waals surface area contributed by atoms with Crippen molar-refractivity contribution in [3.05, 3.63) is 71.8 Å². The van der Waals surface area contributed by atoms with Gasteiger partial charge < -0.3 is 10.2 Å². The molecule has 0 aliphatic rings. The van der Waals surface area contributed by atoms with Crippen molar-refractivity contribution < 1.29 is 19.8 Å². The van der Waals surface area contributed by atoms with Crippen LogP contribution < -0.4 is 0 Å². The number of carbonyl (C=O) groups excluding carboxylic acids is 2. The van der Waals surface area contributed by atoms with Crippen LogP contribution in [0.15, 0.2) is 60.7 Å². The maximum absolute atomic E-state index is 10.0. The highest BCUT2D eigenvalue weighted by Gasteiger charge is 1.80. The van der Waals surface area contributed by atoms with Crippen molar-refractivity contribution in [1.29, 1.82) is 0 Å². The predicted octanol–water partition coefficient (Wildman–Crippen LogP) is 1.97. The highest BCUT2D eigenvalue weighted by atomic mass is 16.3. The van der Waals surface area contributed by atoms with Gasteiger partial charge in [-0.15, -0.1) is 0 Å². The number of aldehydes is 2. The fraction of sp³-hybridized carbons (Fsp3) is 0.125. The Morgan fingerprint density at radius 2 is 0.950 bits per heavy atom. The van der Waals surface area contributed by atoms with Crippen molar-refractivity contribution in [3.8, 4) is 0 Å². The lowest BCUT2D eigenvalue weighted by Gasteiger charge is -1.81. The zero-order valence-corrected chi connectivity index (χ0v) is 11.1. The van der Waals surface area contributed by atoms with Crippen LogP contribution in [0.2, 0.25) is 0 Å². The summed E-state index contributed by atoms with van der Waals surface area (Å²) in [5.41, 5.74) is 1.46. The molecule has 0 aliphatic carbocycles. The van der Waals surface area contributed by atoms with Gasteiger partial charge in [-0.1, -0.05) is 60.7 Å². The summed E-state index contributed by atoms with van der Waals surface area (Å²) in [6.45, 7) is -0.250. The first-order valence-corrected chi connectivity index (χ1v) is 6.00. The van der Waals surface area contributed by atoms with Crippen LogP contribution in [-0.2, 0) is 0 Å². The van der Waals surface area contributed by atoms with Gasteiger partial charge in [-0.3, -0.25) is 9.59 Å². The monoisotopic (exact) mass is 274 g/mol. The van der Waals surface area contributed by atoms with E-state index in [1.807, 2.05) is 36.4 Å². The molecule has 0 heterocycles. The van der Waals surface area contributed by atoms with E-state index in [4.69, 9.17) is 10.2 Å². The van der Waals surface area contributed by atoms with Gasteiger partial charge in [0.1, 0.15) is 12.6 Å². The van der Waals surface area contributed by atoms with Gasteiger partial charge in [0.15, 0.2) is 0 Å². The minimum absolute atomic E-state index is 0.125. The van der Waals surface area contributed by atoms with Crippen LogP contribution in [0.25, 0.3) is 0 Å². The van der Waals surface area contributed by atoms with Crippen LogP contribution in [0.4, 0.5) is 0 Å². The van der Waals surface area contributed by atoms with Crippen molar-refractivity contribution in [1.82, 2.24) is 0 Å². The van der Waals surface area contributed by atoms with Gasteiger partial charge in [0.05, 0.1) is 13.2 Å². The predicted molar refractivity (Wildman–Crippen MR) is 77.8 cm³/mol. The fourth-order valence-electron chi connectivity index (χ4n) is 1.06. The first-order chi connectivity index (χ1) is 9.78. The topological polar surface area (TPSA) is 74.6 Å². The van der Waals surface area contributed by atoms with E-state index in [0.717, 1.165) is 23.7 Å². The average molecular weight is 274 g/mol. The van der Waals surface area contributed by atoms with Crippen LogP contribution in [0.3, 0.4) is 0 Å². The van der Waals surface area contributed by atoms with Crippen LogP contribution in [0, 0.1) is 0 Å². The molecule has 0 saturated carbocycles. The van der Waals surface area contributed by atoms with Gasteiger partial charge in [-0.25, -0.2) is 0 Å². The smallest absolute Gasteiger partial charge is 0.150 e. The second-order valence-electron chi connectivity index (χ2n) is 3.50. The second-order valence-corrected chi connectivity index (χ2v) is 3.50. The zero-order chi connectivity index (χ0) is 15.1. The summed E-state index contributed by atoms with van der Waals surface area (Å²) in [4.78, 5) is 20.0. The van der Waals surface area contributed by atoms with Crippen LogP contribution >= 0.6 is 0 Å². The normalized spacial score (nSPS) is 8.30. The van der Waals surface area contributed by atoms with Gasteiger partial charge in [0.2, 0.25) is 0 Å². The maximum Gasteiger partial charge on any atom is 0.150 e. The molecule has 0 saturated heterocycles. The Hall–Kier alpha value is -2.30. The molecule has 0 bridgehead atoms. The van der Waals surface area contributed by atoms with E-state index in [1.54, 1.807) is 24.3 Å². The number of hydrogen-bond donors (Lipinski definition) is 2. The molecule has 2 aromatic rings. The molecular formula is C16H18O4. The van der Waals surface area contributed by atoms with Crippen LogP contribution in [0.5, 0.6) is 0 Å². The van der Waals surface area contributed by atoms with Gasteiger partial charge in [0, 0.05) is 11.1 Å². The first kappa shape index (κ1) is 17.7. The van der Waals surface area contributed by atoms with Crippen LogP contribution in [-0.4, -0.2) is 36.0 Å². The molecule has 0 unspecified atom stereocenters. The van der Waals surface area contributed by atoms with E-state index in [0.29, 0.717) is 0 Å². The SMILES string of the molecule is O=Cc1ccccc1.O=Cc1ccccc1.OCCO. The summed E-state index contributed by atoms with van der Waals surface area (Å²) in [5, 5.41) is 15.2. The van der Waals surface area contributed by atoms with Crippen molar-refractivity contribution in [3.63, 3.8) is 0 Å². The molecule has 0 aromatic heterocycles. The third-order valence-electron chi connectivity index (χ3n) is 1.97. The lowest BCUT2D eigenvalue weighted by Crippen LogP contribution is -1.85. The van der Waals surface area contributed by atoms with Gasteiger partial charge in [0.25, 0.3) is 0 Å². The Labute approximate surface area is 118 Å². The molecule has 0 radical (unpaired) electrons. The van der Waals surface area contributed by atoms with Crippen molar-refractivity contribution >= 4 is 12.6 Å². The number of carbonyl (C=O) groups is 2. The van der Waals surface area contributed by atoms with Crippen LogP contribution in [0.1, 0.15) is 20.7 Å². The Morgan fingerprint density at radius 3 is 1.10 bits per heavy atom. The summed E-state index contributed by atoms with van der Waals surface area (Å²) < 4.78 is 0. The number of benzene rings is 2. The average Bonchev–Trinajstić information content (AvgIpc) is 2.57. The van der Waals surface area contributed by atoms with E-state index in [2.05, 4.69) is 0 Å². The Balaban J connectivity index is 0.000000289. The zero-order valence-electron chi connectivity index (χ0n) is 11.1. The summed E-state index contributed by atoms with van der Waals surface area (Å²) in [7, 11) is 0. The van der Waals surface area contributed by atoms with Gasteiger partial charge in [-0.05, 0) is 0 Å². The number of hydrogen-bond acceptors (Lipinski definition) is 4. The minimum atomic E-state index is -0.125. The number of aliphatic hydroxyl groups excluding tert-OH is 2. The molecule has 0 aliphatic heterocycles. The molecule has 0 atom stereocenters. The molecule has 0 spiro atoms. The first-order valence-electron chi connectivity index (χ1n) is 6.00. The highest BCUT2D eigenvalue weighted by Crippen LogP contribution is 1.92. The lowest BCUT2D eigenvalue weighted by molar-refractivity contribution is 0.111. The summed E-state index contributed by atoms with van der Waals surface area (Å²) >= 11 is 0. The number of aliphatic hydroxyl groups is 2. The Bertz CT molecular complexity index is 409. The Kier molecular flexibility index (Phi) is 11.6. The minimum Gasteiger partial charge on any atom is -0.394 e. The van der Waals surface area contributed by atoms with E-state index in [9.17, 15) is 9.59 Å². The number of rotatable bonds is 3. The van der Waals surface area contributed by atoms with E-state index in [1.165, 1.54) is 0 Å². The van der Waals surface area contributed by atoms with Crippen molar-refractivity contribution in [2.24, 2.45) is 0 Å². The summed E-state index contributed by atoms with van der Waals surface area (Å²) in [6, 6.07) is 18.2. The maximum atomic E-state index is 10.0. The Morgan fingerprint density at radius 1 is 0.650 bits per heavy atom. The molecule has 2 rings (SSSR count). The van der Waals surface area contributed by atoms with E-state index < -0.39 is 0 Å². The molecule has 20 heavy (non-hydrogen) atoms. The van der Waals surface area contributed by atoms with Crippen molar-refractivity contribution in [2.45, 2.75) is 0 Å². The molecule has 4 nitrogen and oxygen atoms in total. The van der Waals surface area contributed by atoms with Crippen molar-refractivity contribution in [2.75, 3.05) is 13.2 Å². The van der Waals surface area contributed by atoms with Gasteiger partial charge >= 0.3 is 0 Å². The largest absolute Gasteiger partial charge is 0.394 e. The molecule has 2 N–H and O–H groups in total. The molecule has 0 amide bonds. The fourth-order valence-corrected chi connectivity index (χ4v) is 1.06. The quantitative estimate of drug-likeness (QED) is 0.839. The second kappa shape index (κ2) is 13.1. The third kappa shape index (κ3) is 9.70. The lowest BCUT2D eigenvalue weighted by atomic mass is 10.2. The molecule has 4 heteroatoms. The molecule has 2 aromatic carbocycles. The summed E-state index contributed by atoms with van der Waals surface area (Å²) in [6.07, 6.45) is 1.67. The molecule has 106 valence electrons. The van der Waals surface area contributed by atoms with Gasteiger partial charge in [-0.2, -0.15) is 0 Å².